The van der Waals surface area contributed by atoms with Crippen LogP contribution >= 0.6 is 17.0 Å². The van der Waals surface area contributed by atoms with Gasteiger partial charge in [-0.05, 0) is 35.8 Å². The van der Waals surface area contributed by atoms with Crippen LogP contribution in [0.3, 0.4) is 0 Å². The monoisotopic (exact) mass is 936 g/mol. The molecule has 58 heavy (non-hydrogen) atoms. The molecule has 6 heteroatoms. The average Bonchev–Trinajstić information content (AvgIpc) is 4.04. The van der Waals surface area contributed by atoms with E-state index in [2.05, 4.69) is 162 Å². The summed E-state index contributed by atoms with van der Waals surface area (Å²) in [5.74, 6) is 1.83. The van der Waals surface area contributed by atoms with Crippen molar-refractivity contribution in [3.05, 3.63) is 120 Å². The SMILES string of the molecule is CCC[Si]C.C[Si](C)(C)c1ccc(-c2cccc3[cH-]c(CC4CCCC4)cc23)cc1.C[Si](C)(C)c1ccc(-c2cccc3[cH-]c(CC4CCCC4)cc23)cc1.[Cl][Zr+2][Cl]. The first-order valence-corrected chi connectivity index (χ1v) is 37.1. The van der Waals surface area contributed by atoms with Crippen LogP contribution in [0.1, 0.15) is 75.8 Å². The Morgan fingerprint density at radius 1 is 0.586 bits per heavy atom. The van der Waals surface area contributed by atoms with Gasteiger partial charge < -0.3 is 0 Å². The Balaban J connectivity index is 0.000000187. The molecule has 0 aliphatic heterocycles. The molecule has 306 valence electrons. The van der Waals surface area contributed by atoms with Gasteiger partial charge in [-0.2, -0.15) is 12.1 Å². The van der Waals surface area contributed by atoms with E-state index in [1.54, 1.807) is 0 Å². The van der Waals surface area contributed by atoms with Crippen LogP contribution in [0, 0.1) is 11.8 Å². The van der Waals surface area contributed by atoms with Crippen molar-refractivity contribution in [1.29, 1.82) is 0 Å². The van der Waals surface area contributed by atoms with Crippen LogP contribution in [0.15, 0.2) is 109 Å². The molecule has 8 rings (SSSR count). The molecule has 0 unspecified atom stereocenters. The Kier molecular flexibility index (Phi) is 18.6. The number of rotatable bonds is 10. The molecule has 0 spiro atoms. The van der Waals surface area contributed by atoms with Gasteiger partial charge in [0.05, 0.1) is 16.1 Å². The molecule has 0 amide bonds. The van der Waals surface area contributed by atoms with Crippen molar-refractivity contribution in [2.24, 2.45) is 11.8 Å². The summed E-state index contributed by atoms with van der Waals surface area (Å²) in [7, 11) is 8.57. The number of benzene rings is 4. The van der Waals surface area contributed by atoms with Crippen molar-refractivity contribution < 1.29 is 20.8 Å². The quantitative estimate of drug-likeness (QED) is 0.0948. The number of halogens is 2. The van der Waals surface area contributed by atoms with Gasteiger partial charge in [0.15, 0.2) is 0 Å². The molecular weight excluding hydrogens is 871 g/mol. The molecule has 0 heterocycles. The number of hydrogen-bond acceptors (Lipinski definition) is 0. The van der Waals surface area contributed by atoms with Crippen LogP contribution in [-0.2, 0) is 33.7 Å². The summed E-state index contributed by atoms with van der Waals surface area (Å²) in [6.07, 6.45) is 15.3. The third kappa shape index (κ3) is 13.6. The van der Waals surface area contributed by atoms with Crippen molar-refractivity contribution in [2.75, 3.05) is 0 Å². The maximum absolute atomic E-state index is 4.93. The second-order valence-electron chi connectivity index (χ2n) is 18.9. The van der Waals surface area contributed by atoms with Crippen LogP contribution < -0.4 is 10.4 Å². The molecule has 2 aliphatic carbocycles. The van der Waals surface area contributed by atoms with Crippen molar-refractivity contribution in [1.82, 2.24) is 0 Å². The molecule has 0 aromatic heterocycles. The Morgan fingerprint density at radius 2 is 0.948 bits per heavy atom. The van der Waals surface area contributed by atoms with Crippen LogP contribution in [0.5, 0.6) is 0 Å². The van der Waals surface area contributed by atoms with Gasteiger partial charge in [-0.3, -0.25) is 0 Å². The topological polar surface area (TPSA) is 0 Å². The van der Waals surface area contributed by atoms with Crippen LogP contribution in [0.25, 0.3) is 43.8 Å². The fourth-order valence-electron chi connectivity index (χ4n) is 8.98. The fraction of sp³-hybridized carbons (Fsp3) is 0.423. The predicted octanol–water partition coefficient (Wildman–Crippen LogP) is 16.0. The zero-order valence-electron chi connectivity index (χ0n) is 36.8. The number of hydrogen-bond donors (Lipinski definition) is 0. The third-order valence-corrected chi connectivity index (χ3v) is 17.4. The van der Waals surface area contributed by atoms with E-state index >= 15 is 0 Å². The van der Waals surface area contributed by atoms with Gasteiger partial charge in [-0.15, -0.1) is 69.1 Å². The normalized spacial score (nSPS) is 14.7. The van der Waals surface area contributed by atoms with Crippen LogP contribution in [0.4, 0.5) is 0 Å². The molecule has 0 atom stereocenters. The van der Waals surface area contributed by atoms with Crippen LogP contribution in [-0.4, -0.2) is 25.7 Å². The van der Waals surface area contributed by atoms with E-state index < -0.39 is 37.0 Å². The first-order chi connectivity index (χ1) is 27.8. The summed E-state index contributed by atoms with van der Waals surface area (Å²) in [6, 6.07) is 43.4. The van der Waals surface area contributed by atoms with E-state index in [0.29, 0.717) is 0 Å². The van der Waals surface area contributed by atoms with Gasteiger partial charge in [0.2, 0.25) is 0 Å². The van der Waals surface area contributed by atoms with Crippen molar-refractivity contribution in [2.45, 2.75) is 129 Å². The van der Waals surface area contributed by atoms with E-state index in [4.69, 9.17) is 17.0 Å². The zero-order valence-corrected chi connectivity index (χ0v) is 43.8. The first kappa shape index (κ1) is 47.3. The molecule has 0 bridgehead atoms. The summed E-state index contributed by atoms with van der Waals surface area (Å²) in [5.41, 5.74) is 8.55. The van der Waals surface area contributed by atoms with E-state index in [-0.39, 0.29) is 0 Å². The summed E-state index contributed by atoms with van der Waals surface area (Å²) in [6.45, 7) is 18.9. The average molecular weight is 940 g/mol. The molecule has 0 saturated heterocycles. The Morgan fingerprint density at radius 3 is 1.24 bits per heavy atom. The van der Waals surface area contributed by atoms with Gasteiger partial charge in [0, 0.05) is 9.52 Å². The standard InChI is InChI=1S/2C24H29Si.C4H10Si.2ClH.Zr/c2*1-25(2,3)22-13-11-20(12-14-22)23-10-6-9-21-16-19(17-24(21)23)15-18-7-4-5-8-18;1-3-4-5-2;;;/h2*6,9-14,16-18H,4-5,7-8,15H2,1-3H3;3-4H2,1-2H3;2*1H;/q2*-1;;;;+4/p-2. The molecule has 2 fully saturated rings. The second kappa shape index (κ2) is 22.9. The minimum absolute atomic E-state index is 0.826. The molecule has 0 nitrogen and oxygen atoms in total. The molecular formula is C52H68Cl2Si3Zr. The summed E-state index contributed by atoms with van der Waals surface area (Å²) in [5, 5.41) is 8.73. The summed E-state index contributed by atoms with van der Waals surface area (Å²) >= 11 is -0.826. The van der Waals surface area contributed by atoms with Crippen molar-refractivity contribution in [3.8, 4) is 22.3 Å². The molecule has 2 aliphatic rings. The van der Waals surface area contributed by atoms with Gasteiger partial charge in [0.25, 0.3) is 0 Å². The Labute approximate surface area is 376 Å². The molecule has 6 aromatic rings. The van der Waals surface area contributed by atoms with Gasteiger partial charge >= 0.3 is 37.9 Å². The predicted molar refractivity (Wildman–Crippen MR) is 266 cm³/mol. The first-order valence-electron chi connectivity index (χ1n) is 22.0. The second-order valence-corrected chi connectivity index (χ2v) is 34.0. The van der Waals surface area contributed by atoms with Gasteiger partial charge in [-0.25, -0.2) is 0 Å². The third-order valence-electron chi connectivity index (χ3n) is 12.2. The zero-order chi connectivity index (χ0) is 41.7. The summed E-state index contributed by atoms with van der Waals surface area (Å²) in [4.78, 5) is 0. The van der Waals surface area contributed by atoms with E-state index in [9.17, 15) is 0 Å². The van der Waals surface area contributed by atoms with E-state index in [0.717, 1.165) is 21.4 Å². The minimum atomic E-state index is -1.23. The molecule has 6 aromatic carbocycles. The number of fused-ring (bicyclic) bond motifs is 2. The van der Waals surface area contributed by atoms with Gasteiger partial charge in [-0.1, -0.05) is 199 Å². The molecule has 2 radical (unpaired) electrons. The van der Waals surface area contributed by atoms with Crippen molar-refractivity contribution in [3.63, 3.8) is 0 Å². The van der Waals surface area contributed by atoms with Crippen molar-refractivity contribution >= 4 is 74.6 Å². The summed E-state index contributed by atoms with van der Waals surface area (Å²) < 4.78 is 0. The maximum atomic E-state index is 4.93. The van der Waals surface area contributed by atoms with E-state index in [1.807, 2.05) is 0 Å². The van der Waals surface area contributed by atoms with Gasteiger partial charge in [0.1, 0.15) is 0 Å². The fourth-order valence-corrected chi connectivity index (χ4v) is 11.8. The molecule has 0 N–H and O–H groups in total. The Bertz CT molecular complexity index is 1950. The van der Waals surface area contributed by atoms with E-state index in [1.165, 1.54) is 142 Å². The van der Waals surface area contributed by atoms with Crippen LogP contribution in [0.2, 0.25) is 51.9 Å². The molecule has 2 saturated carbocycles. The Hall–Kier alpha value is -1.79.